The minimum atomic E-state index is -0.360. The van der Waals surface area contributed by atoms with Gasteiger partial charge in [0.2, 0.25) is 0 Å². The summed E-state index contributed by atoms with van der Waals surface area (Å²) in [5.41, 5.74) is 2.69. The summed E-state index contributed by atoms with van der Waals surface area (Å²) >= 11 is 0. The van der Waals surface area contributed by atoms with Crippen LogP contribution in [-0.2, 0) is 0 Å². The van der Waals surface area contributed by atoms with Crippen LogP contribution in [0.5, 0.6) is 0 Å². The number of amides is 1. The molecule has 5 heteroatoms. The van der Waals surface area contributed by atoms with Gasteiger partial charge in [0.25, 0.3) is 5.91 Å². The van der Waals surface area contributed by atoms with E-state index in [4.69, 9.17) is 4.42 Å². The fourth-order valence-corrected chi connectivity index (χ4v) is 3.02. The molecule has 0 saturated carbocycles. The van der Waals surface area contributed by atoms with E-state index in [9.17, 15) is 14.0 Å². The number of fused-ring (bicyclic) bond motifs is 1. The Morgan fingerprint density at radius 1 is 0.964 bits per heavy atom. The van der Waals surface area contributed by atoms with Gasteiger partial charge in [0.15, 0.2) is 5.43 Å². The number of hydrogen-bond acceptors (Lipinski definition) is 3. The first kappa shape index (κ1) is 17.7. The van der Waals surface area contributed by atoms with Gasteiger partial charge in [-0.15, -0.1) is 0 Å². The third kappa shape index (κ3) is 3.42. The lowest BCUT2D eigenvalue weighted by Gasteiger charge is -2.09. The van der Waals surface area contributed by atoms with E-state index < -0.39 is 0 Å². The lowest BCUT2D eigenvalue weighted by atomic mass is 10.1. The van der Waals surface area contributed by atoms with Crippen molar-refractivity contribution in [3.8, 4) is 11.3 Å². The molecule has 0 aliphatic rings. The second kappa shape index (κ2) is 7.12. The fourth-order valence-electron chi connectivity index (χ4n) is 3.02. The van der Waals surface area contributed by atoms with Crippen molar-refractivity contribution in [3.63, 3.8) is 0 Å². The molecule has 4 aromatic rings. The smallest absolute Gasteiger partial charge is 0.255 e. The van der Waals surface area contributed by atoms with Crippen LogP contribution in [0.1, 0.15) is 15.9 Å². The highest BCUT2D eigenvalue weighted by Crippen LogP contribution is 2.24. The van der Waals surface area contributed by atoms with Gasteiger partial charge < -0.3 is 9.73 Å². The van der Waals surface area contributed by atoms with Gasteiger partial charge in [-0.05, 0) is 61.0 Å². The van der Waals surface area contributed by atoms with Gasteiger partial charge in [-0.25, -0.2) is 4.39 Å². The fraction of sp³-hybridized carbons (Fsp3) is 0.0435. The largest absolute Gasteiger partial charge is 0.456 e. The molecule has 4 nitrogen and oxygen atoms in total. The molecular weight excluding hydrogens is 357 g/mol. The van der Waals surface area contributed by atoms with Crippen LogP contribution in [0.15, 0.2) is 82.0 Å². The second-order valence-electron chi connectivity index (χ2n) is 6.46. The summed E-state index contributed by atoms with van der Waals surface area (Å²) in [6.45, 7) is 1.86. The Kier molecular flexibility index (Phi) is 4.49. The first-order chi connectivity index (χ1) is 13.5. The average Bonchev–Trinajstić information content (AvgIpc) is 2.69. The third-order valence-corrected chi connectivity index (χ3v) is 4.50. The standard InChI is InChI=1S/C23H16FNO3/c1-14-4-2-3-5-18(14)23(27)25-17-10-11-21-19(12-17)20(26)13-22(28-21)15-6-8-16(24)9-7-15/h2-13H,1H3,(H,25,27). The second-order valence-corrected chi connectivity index (χ2v) is 6.46. The zero-order valence-electron chi connectivity index (χ0n) is 15.0. The van der Waals surface area contributed by atoms with Crippen LogP contribution in [-0.4, -0.2) is 5.91 Å². The van der Waals surface area contributed by atoms with Crippen LogP contribution >= 0.6 is 0 Å². The Morgan fingerprint density at radius 2 is 1.71 bits per heavy atom. The number of aryl methyl sites for hydroxylation is 1. The van der Waals surface area contributed by atoms with Crippen molar-refractivity contribution < 1.29 is 13.6 Å². The Bertz CT molecular complexity index is 1240. The minimum Gasteiger partial charge on any atom is -0.456 e. The summed E-state index contributed by atoms with van der Waals surface area (Å²) in [5, 5.41) is 3.16. The number of halogens is 1. The maximum Gasteiger partial charge on any atom is 0.255 e. The van der Waals surface area contributed by atoms with Crippen LogP contribution < -0.4 is 10.7 Å². The molecule has 0 aliphatic carbocycles. The Hall–Kier alpha value is -3.73. The van der Waals surface area contributed by atoms with E-state index in [0.29, 0.717) is 33.5 Å². The summed E-state index contributed by atoms with van der Waals surface area (Å²) in [4.78, 5) is 25.0. The predicted molar refractivity (Wildman–Crippen MR) is 107 cm³/mol. The van der Waals surface area contributed by atoms with Crippen molar-refractivity contribution in [2.24, 2.45) is 0 Å². The Labute approximate surface area is 160 Å². The summed E-state index contributed by atoms with van der Waals surface area (Å²) < 4.78 is 18.9. The molecule has 1 N–H and O–H groups in total. The number of hydrogen-bond donors (Lipinski definition) is 1. The zero-order chi connectivity index (χ0) is 19.7. The number of benzene rings is 3. The SMILES string of the molecule is Cc1ccccc1C(=O)Nc1ccc2oc(-c3ccc(F)cc3)cc(=O)c2c1. The van der Waals surface area contributed by atoms with E-state index in [1.807, 2.05) is 19.1 Å². The van der Waals surface area contributed by atoms with Gasteiger partial charge in [0, 0.05) is 22.9 Å². The van der Waals surface area contributed by atoms with Gasteiger partial charge >= 0.3 is 0 Å². The maximum atomic E-state index is 13.1. The molecule has 3 aromatic carbocycles. The van der Waals surface area contributed by atoms with Crippen molar-refractivity contribution in [3.05, 3.63) is 100.0 Å². The number of rotatable bonds is 3. The number of carbonyl (C=O) groups is 1. The quantitative estimate of drug-likeness (QED) is 0.540. The topological polar surface area (TPSA) is 59.3 Å². The highest BCUT2D eigenvalue weighted by molar-refractivity contribution is 6.06. The van der Waals surface area contributed by atoms with Crippen molar-refractivity contribution in [2.75, 3.05) is 5.32 Å². The van der Waals surface area contributed by atoms with E-state index in [0.717, 1.165) is 5.56 Å². The lowest BCUT2D eigenvalue weighted by molar-refractivity contribution is 0.102. The van der Waals surface area contributed by atoms with Crippen molar-refractivity contribution >= 4 is 22.6 Å². The van der Waals surface area contributed by atoms with Crippen molar-refractivity contribution in [2.45, 2.75) is 6.92 Å². The van der Waals surface area contributed by atoms with Gasteiger partial charge in [0.1, 0.15) is 17.2 Å². The van der Waals surface area contributed by atoms with E-state index in [1.54, 1.807) is 42.5 Å². The third-order valence-electron chi connectivity index (χ3n) is 4.50. The molecule has 1 heterocycles. The maximum absolute atomic E-state index is 13.1. The molecule has 138 valence electrons. The molecule has 0 aliphatic heterocycles. The summed E-state index contributed by atoms with van der Waals surface area (Å²) in [5.74, 6) is -0.250. The van der Waals surface area contributed by atoms with Gasteiger partial charge in [-0.2, -0.15) is 0 Å². The molecule has 0 radical (unpaired) electrons. The summed E-state index contributed by atoms with van der Waals surface area (Å²) in [6, 6.07) is 19.3. The molecule has 0 bridgehead atoms. The van der Waals surface area contributed by atoms with Crippen LogP contribution in [0.25, 0.3) is 22.3 Å². The summed E-state index contributed by atoms with van der Waals surface area (Å²) in [6.07, 6.45) is 0. The van der Waals surface area contributed by atoms with Crippen LogP contribution in [0.3, 0.4) is 0 Å². The van der Waals surface area contributed by atoms with E-state index in [1.165, 1.54) is 18.2 Å². The van der Waals surface area contributed by atoms with Crippen LogP contribution in [0.2, 0.25) is 0 Å². The van der Waals surface area contributed by atoms with Crippen molar-refractivity contribution in [1.82, 2.24) is 0 Å². The van der Waals surface area contributed by atoms with Gasteiger partial charge in [0.05, 0.1) is 5.39 Å². The Balaban J connectivity index is 1.68. The first-order valence-electron chi connectivity index (χ1n) is 8.72. The zero-order valence-corrected chi connectivity index (χ0v) is 15.0. The molecule has 4 rings (SSSR count). The molecule has 0 fully saturated rings. The average molecular weight is 373 g/mol. The highest BCUT2D eigenvalue weighted by Gasteiger charge is 2.11. The van der Waals surface area contributed by atoms with E-state index in [-0.39, 0.29) is 17.2 Å². The summed E-state index contributed by atoms with van der Waals surface area (Å²) in [7, 11) is 0. The molecule has 28 heavy (non-hydrogen) atoms. The monoisotopic (exact) mass is 373 g/mol. The van der Waals surface area contributed by atoms with Gasteiger partial charge in [-0.1, -0.05) is 18.2 Å². The number of anilines is 1. The van der Waals surface area contributed by atoms with E-state index in [2.05, 4.69) is 5.32 Å². The molecule has 0 unspecified atom stereocenters. The number of carbonyl (C=O) groups excluding carboxylic acids is 1. The van der Waals surface area contributed by atoms with Crippen molar-refractivity contribution in [1.29, 1.82) is 0 Å². The molecule has 1 aromatic heterocycles. The van der Waals surface area contributed by atoms with Crippen LogP contribution in [0.4, 0.5) is 10.1 Å². The normalized spacial score (nSPS) is 10.8. The molecular formula is C23H16FNO3. The van der Waals surface area contributed by atoms with Gasteiger partial charge in [-0.3, -0.25) is 9.59 Å². The molecule has 1 amide bonds. The number of nitrogens with one attached hydrogen (secondary N) is 1. The molecule has 0 spiro atoms. The minimum absolute atomic E-state index is 0.243. The van der Waals surface area contributed by atoms with E-state index >= 15 is 0 Å². The highest BCUT2D eigenvalue weighted by atomic mass is 19.1. The Morgan fingerprint density at radius 3 is 2.46 bits per heavy atom. The molecule has 0 saturated heterocycles. The molecule has 0 atom stereocenters. The predicted octanol–water partition coefficient (Wildman–Crippen LogP) is 5.16. The lowest BCUT2D eigenvalue weighted by Crippen LogP contribution is -2.13. The van der Waals surface area contributed by atoms with Crippen LogP contribution in [0, 0.1) is 12.7 Å². The first-order valence-corrected chi connectivity index (χ1v) is 8.72.